The van der Waals surface area contributed by atoms with Crippen LogP contribution < -0.4 is 5.43 Å². The summed E-state index contributed by atoms with van der Waals surface area (Å²) in [6.07, 6.45) is 17.2. The Kier molecular flexibility index (Phi) is 6.33. The Morgan fingerprint density at radius 1 is 0.654 bits per heavy atom. The molecule has 6 aromatic carbocycles. The maximum absolute atomic E-state index is 4.19. The van der Waals surface area contributed by atoms with Gasteiger partial charge in [-0.15, -0.1) is 0 Å². The Bertz CT molecular complexity index is 2620. The molecule has 0 bridgehead atoms. The Morgan fingerprint density at radius 3 is 2.06 bits per heavy atom. The molecule has 0 amide bonds. The first-order chi connectivity index (χ1) is 25.7. The summed E-state index contributed by atoms with van der Waals surface area (Å²) in [5, 5.41) is 5.11. The van der Waals surface area contributed by atoms with Crippen molar-refractivity contribution in [2.45, 2.75) is 29.5 Å². The molecule has 1 aliphatic heterocycles. The number of allylic oxidation sites excluding steroid dienone is 6. The van der Waals surface area contributed by atoms with Crippen LogP contribution in [-0.2, 0) is 5.41 Å². The average Bonchev–Trinajstić information content (AvgIpc) is 3.52. The smallest absolute Gasteiger partial charge is 0.0912 e. The summed E-state index contributed by atoms with van der Waals surface area (Å²) in [7, 11) is 2.25. The van der Waals surface area contributed by atoms with Crippen LogP contribution in [0.4, 0.5) is 0 Å². The van der Waals surface area contributed by atoms with E-state index in [1.165, 1.54) is 66.0 Å². The number of nitrogens with zero attached hydrogens (tertiary/aromatic N) is 2. The van der Waals surface area contributed by atoms with Gasteiger partial charge in [-0.05, 0) is 58.3 Å². The number of para-hydroxylation sites is 1. The third-order valence-electron chi connectivity index (χ3n) is 12.7. The third kappa shape index (κ3) is 3.84. The van der Waals surface area contributed by atoms with Gasteiger partial charge in [0.05, 0.1) is 34.1 Å². The lowest BCUT2D eigenvalue weighted by atomic mass is 9.63. The lowest BCUT2D eigenvalue weighted by molar-refractivity contribution is 0.463. The summed E-state index contributed by atoms with van der Waals surface area (Å²) in [5.41, 5.74) is 14.4. The maximum atomic E-state index is 4.19. The molecule has 0 radical (unpaired) electrons. The minimum Gasteiger partial charge on any atom is -0.315 e. The second kappa shape index (κ2) is 11.0. The summed E-state index contributed by atoms with van der Waals surface area (Å²) >= 11 is 0. The van der Waals surface area contributed by atoms with Crippen molar-refractivity contribution < 1.29 is 0 Å². The fourth-order valence-corrected chi connectivity index (χ4v) is 10.5. The molecular weight excluding hydrogens is 631 g/mol. The van der Waals surface area contributed by atoms with Crippen LogP contribution in [-0.4, -0.2) is 28.2 Å². The second-order valence-corrected chi connectivity index (χ2v) is 14.9. The SMILES string of the molecule is C[N@@]1C2C=CC=CC21C(Nn1c2ccccc2c2ccc3c4c(ccc3c21)C(c1ccccc1)(c1ccccc1)C1CC=CC=C41)c1ccccc1. The van der Waals surface area contributed by atoms with Crippen LogP contribution in [0.3, 0.4) is 0 Å². The summed E-state index contributed by atoms with van der Waals surface area (Å²) < 4.78 is 2.42. The van der Waals surface area contributed by atoms with Crippen molar-refractivity contribution in [1.82, 2.24) is 9.58 Å². The van der Waals surface area contributed by atoms with Crippen molar-refractivity contribution in [3.05, 3.63) is 210 Å². The number of hydrogen-bond acceptors (Lipinski definition) is 2. The summed E-state index contributed by atoms with van der Waals surface area (Å²) in [5.74, 6) is 0.289. The van der Waals surface area contributed by atoms with Gasteiger partial charge in [-0.3, -0.25) is 9.58 Å². The molecule has 5 atom stereocenters. The number of hydrogen-bond donors (Lipinski definition) is 1. The topological polar surface area (TPSA) is 20.0 Å². The lowest BCUT2D eigenvalue weighted by Gasteiger charge is -2.38. The predicted octanol–water partition coefficient (Wildman–Crippen LogP) is 10.7. The second-order valence-electron chi connectivity index (χ2n) is 14.9. The molecule has 1 aromatic heterocycles. The summed E-state index contributed by atoms with van der Waals surface area (Å²) in [6, 6.07) is 52.4. The van der Waals surface area contributed by atoms with Crippen LogP contribution in [0.15, 0.2) is 182 Å². The molecular formula is C49H39N3. The Morgan fingerprint density at radius 2 is 1.31 bits per heavy atom. The molecule has 1 saturated heterocycles. The standard InChI is InChI=1S/C49H39N3/c1-51-44-27-15-16-32-48(44,51)47(33-17-5-2-6-18-33)50-52-43-26-14-12-23-36(43)38-29-28-37-39(46(38)52)30-31-42-45(37)40-24-11-13-25-41(40)49(42,34-19-7-3-8-20-34)35-21-9-4-10-22-35/h2-24,26-32,41,44,47,50H,25H2,1H3/t41?,44?,47?,48?,51-/m0/s1. The normalized spacial score (nSPS) is 24.0. The molecule has 3 nitrogen and oxygen atoms in total. The van der Waals surface area contributed by atoms with Crippen LogP contribution in [0.1, 0.15) is 40.3 Å². The Hall–Kier alpha value is -5.90. The molecule has 1 N–H and O–H groups in total. The van der Waals surface area contributed by atoms with E-state index >= 15 is 0 Å². The predicted molar refractivity (Wildman–Crippen MR) is 216 cm³/mol. The largest absolute Gasteiger partial charge is 0.315 e. The van der Waals surface area contributed by atoms with E-state index in [1.54, 1.807) is 0 Å². The first kappa shape index (κ1) is 29.8. The van der Waals surface area contributed by atoms with E-state index in [0.29, 0.717) is 6.04 Å². The molecule has 1 fully saturated rings. The molecule has 3 heteroatoms. The first-order valence-corrected chi connectivity index (χ1v) is 18.6. The minimum atomic E-state index is -0.299. The van der Waals surface area contributed by atoms with Crippen molar-refractivity contribution in [1.29, 1.82) is 0 Å². The fourth-order valence-electron chi connectivity index (χ4n) is 10.5. The van der Waals surface area contributed by atoms with Crippen LogP contribution in [0.25, 0.3) is 38.2 Å². The van der Waals surface area contributed by atoms with Gasteiger partial charge in [0, 0.05) is 22.1 Å². The lowest BCUT2D eigenvalue weighted by Crippen LogP contribution is -2.36. The molecule has 11 rings (SSSR count). The van der Waals surface area contributed by atoms with Crippen LogP contribution >= 0.6 is 0 Å². The molecule has 7 aromatic rings. The van der Waals surface area contributed by atoms with E-state index in [1.807, 2.05) is 0 Å². The van der Waals surface area contributed by atoms with Crippen molar-refractivity contribution in [3.63, 3.8) is 0 Å². The van der Waals surface area contributed by atoms with Gasteiger partial charge in [-0.25, -0.2) is 0 Å². The zero-order valence-electron chi connectivity index (χ0n) is 29.2. The van der Waals surface area contributed by atoms with Crippen molar-refractivity contribution >= 4 is 38.2 Å². The van der Waals surface area contributed by atoms with Crippen molar-refractivity contribution in [3.8, 4) is 0 Å². The van der Waals surface area contributed by atoms with Crippen molar-refractivity contribution in [2.75, 3.05) is 12.5 Å². The Labute approximate surface area is 304 Å². The number of nitrogens with one attached hydrogen (secondary N) is 1. The van der Waals surface area contributed by atoms with Gasteiger partial charge in [0.1, 0.15) is 0 Å². The van der Waals surface area contributed by atoms with Crippen LogP contribution in [0, 0.1) is 5.92 Å². The van der Waals surface area contributed by atoms with Gasteiger partial charge >= 0.3 is 0 Å². The molecule has 4 unspecified atom stereocenters. The molecule has 0 saturated carbocycles. The number of benzene rings is 6. The van der Waals surface area contributed by atoms with Gasteiger partial charge in [0.15, 0.2) is 0 Å². The maximum Gasteiger partial charge on any atom is 0.0912 e. The average molecular weight is 670 g/mol. The van der Waals surface area contributed by atoms with E-state index in [2.05, 4.69) is 204 Å². The van der Waals surface area contributed by atoms with Crippen LogP contribution in [0.5, 0.6) is 0 Å². The third-order valence-corrected chi connectivity index (χ3v) is 12.7. The van der Waals surface area contributed by atoms with Gasteiger partial charge in [-0.2, -0.15) is 0 Å². The quantitative estimate of drug-likeness (QED) is 0.178. The van der Waals surface area contributed by atoms with Gasteiger partial charge in [-0.1, -0.05) is 176 Å². The van der Waals surface area contributed by atoms with E-state index < -0.39 is 0 Å². The van der Waals surface area contributed by atoms with Gasteiger partial charge in [0.25, 0.3) is 0 Å². The fraction of sp³-hybridized carbons (Fsp3) is 0.143. The zero-order valence-corrected chi connectivity index (χ0v) is 29.2. The number of rotatable bonds is 6. The van der Waals surface area contributed by atoms with Gasteiger partial charge in [0.2, 0.25) is 0 Å². The monoisotopic (exact) mass is 669 g/mol. The molecule has 52 heavy (non-hydrogen) atoms. The van der Waals surface area contributed by atoms with E-state index in [-0.39, 0.29) is 22.9 Å². The highest BCUT2D eigenvalue weighted by molar-refractivity contribution is 6.20. The Balaban J connectivity index is 1.20. The van der Waals surface area contributed by atoms with E-state index in [9.17, 15) is 0 Å². The summed E-state index contributed by atoms with van der Waals surface area (Å²) in [6.45, 7) is 0. The van der Waals surface area contributed by atoms with E-state index in [0.717, 1.165) is 6.42 Å². The number of likely N-dealkylation sites (N-methyl/N-ethyl adjacent to an activating group) is 1. The molecule has 3 aliphatic carbocycles. The minimum absolute atomic E-state index is 0.0213. The number of fused-ring (bicyclic) bond motifs is 10. The molecule has 2 heterocycles. The van der Waals surface area contributed by atoms with Crippen molar-refractivity contribution in [2.24, 2.45) is 5.92 Å². The zero-order chi connectivity index (χ0) is 34.4. The first-order valence-electron chi connectivity index (χ1n) is 18.6. The summed E-state index contributed by atoms with van der Waals surface area (Å²) in [4.78, 5) is 2.49. The highest BCUT2D eigenvalue weighted by atomic mass is 15.5. The molecule has 0 spiro atoms. The number of aromatic nitrogens is 1. The highest BCUT2D eigenvalue weighted by Gasteiger charge is 2.63. The highest BCUT2D eigenvalue weighted by Crippen LogP contribution is 2.61. The van der Waals surface area contributed by atoms with Gasteiger partial charge < -0.3 is 5.43 Å². The van der Waals surface area contributed by atoms with E-state index in [4.69, 9.17) is 0 Å². The molecule has 4 aliphatic rings. The molecule has 250 valence electrons. The van der Waals surface area contributed by atoms with Crippen LogP contribution in [0.2, 0.25) is 0 Å².